The molecule has 0 amide bonds. The van der Waals surface area contributed by atoms with E-state index in [1.807, 2.05) is 66.7 Å². The number of pyridine rings is 2. The molecule has 127 valence electrons. The average molecular weight is 409 g/mol. The maximum atomic E-state index is 4.67. The Morgan fingerprint density at radius 3 is 2.04 bits per heavy atom. The van der Waals surface area contributed by atoms with Gasteiger partial charge in [0.25, 0.3) is 0 Å². The van der Waals surface area contributed by atoms with Crippen LogP contribution < -0.4 is 5.43 Å². The molecule has 0 aliphatic heterocycles. The van der Waals surface area contributed by atoms with Crippen molar-refractivity contribution in [3.63, 3.8) is 0 Å². The number of aromatic nitrogens is 2. The monoisotopic (exact) mass is 407 g/mol. The SMILES string of the molecule is [Cl][Cu][Cl].c1ccc(/C(=N\Nc2ccccn2)c2ccccn2)cc1. The summed E-state index contributed by atoms with van der Waals surface area (Å²) >= 11 is 0.757. The standard InChI is InChI=1S/C17H14N4.2ClH.Cu/c1-2-8-14(9-3-1)17(15-10-4-6-12-18-15)21-20-16-11-5-7-13-19-16;;;/h1-13H,(H,19,20);2*1H;/q;;;+2/p-2/b21-17+;;;. The molecule has 0 unspecified atom stereocenters. The zero-order valence-corrected chi connectivity index (χ0v) is 14.9. The quantitative estimate of drug-likeness (QED) is 0.386. The van der Waals surface area contributed by atoms with Crippen LogP contribution in [0.4, 0.5) is 5.82 Å². The fourth-order valence-electron chi connectivity index (χ4n) is 1.91. The van der Waals surface area contributed by atoms with Crippen molar-refractivity contribution in [1.29, 1.82) is 0 Å². The predicted octanol–water partition coefficient (Wildman–Crippen LogP) is 4.72. The van der Waals surface area contributed by atoms with Crippen molar-refractivity contribution in [1.82, 2.24) is 9.97 Å². The summed E-state index contributed by atoms with van der Waals surface area (Å²) in [7, 11) is 9.34. The second kappa shape index (κ2) is 10.8. The first-order valence-electron chi connectivity index (χ1n) is 6.88. The Morgan fingerprint density at radius 2 is 1.46 bits per heavy atom. The van der Waals surface area contributed by atoms with E-state index in [1.54, 1.807) is 12.4 Å². The van der Waals surface area contributed by atoms with Crippen molar-refractivity contribution in [3.8, 4) is 0 Å². The summed E-state index contributed by atoms with van der Waals surface area (Å²) in [5, 5.41) is 4.48. The van der Waals surface area contributed by atoms with E-state index >= 15 is 0 Å². The van der Waals surface area contributed by atoms with Crippen LogP contribution in [-0.4, -0.2) is 15.7 Å². The molecule has 2 heterocycles. The van der Waals surface area contributed by atoms with Gasteiger partial charge >= 0.3 is 33.3 Å². The number of hydrazone groups is 1. The summed E-state index contributed by atoms with van der Waals surface area (Å²) in [6, 6.07) is 21.4. The molecule has 0 atom stereocenters. The first kappa shape index (κ1) is 18.4. The molecular formula is C17H14Cl2CuN4. The predicted molar refractivity (Wildman–Crippen MR) is 95.9 cm³/mol. The van der Waals surface area contributed by atoms with Crippen LogP contribution in [-0.2, 0) is 13.1 Å². The molecule has 1 N–H and O–H groups in total. The minimum atomic E-state index is 0.696. The second-order valence-corrected chi connectivity index (χ2v) is 5.97. The number of rotatable bonds is 4. The van der Waals surface area contributed by atoms with Crippen molar-refractivity contribution < 1.29 is 13.1 Å². The zero-order valence-electron chi connectivity index (χ0n) is 12.4. The van der Waals surface area contributed by atoms with Gasteiger partial charge in [0, 0.05) is 18.0 Å². The van der Waals surface area contributed by atoms with Crippen LogP contribution in [0.25, 0.3) is 0 Å². The van der Waals surface area contributed by atoms with Crippen LogP contribution >= 0.6 is 20.2 Å². The van der Waals surface area contributed by atoms with Crippen LogP contribution in [0.3, 0.4) is 0 Å². The molecule has 1 aromatic carbocycles. The summed E-state index contributed by atoms with van der Waals surface area (Å²) in [6.45, 7) is 0. The van der Waals surface area contributed by atoms with Crippen molar-refractivity contribution in [2.45, 2.75) is 0 Å². The largest absolute Gasteiger partial charge is 0.261 e. The van der Waals surface area contributed by atoms with Crippen molar-refractivity contribution >= 4 is 31.7 Å². The van der Waals surface area contributed by atoms with Gasteiger partial charge in [-0.25, -0.2) is 4.98 Å². The van der Waals surface area contributed by atoms with E-state index in [0.717, 1.165) is 30.1 Å². The molecule has 0 spiro atoms. The first-order valence-corrected chi connectivity index (χ1v) is 9.47. The number of halogens is 2. The molecule has 0 aliphatic rings. The van der Waals surface area contributed by atoms with E-state index < -0.39 is 0 Å². The van der Waals surface area contributed by atoms with Crippen LogP contribution in [0.15, 0.2) is 84.2 Å². The van der Waals surface area contributed by atoms with Gasteiger partial charge in [-0.05, 0) is 24.3 Å². The number of hydrogen-bond donors (Lipinski definition) is 1. The first-order chi connectivity index (χ1) is 11.8. The normalized spacial score (nSPS) is 10.7. The molecule has 3 rings (SSSR count). The van der Waals surface area contributed by atoms with Crippen LogP contribution in [0.5, 0.6) is 0 Å². The van der Waals surface area contributed by atoms with Crippen LogP contribution in [0, 0.1) is 0 Å². The topological polar surface area (TPSA) is 50.2 Å². The van der Waals surface area contributed by atoms with Gasteiger partial charge in [0.15, 0.2) is 0 Å². The molecule has 24 heavy (non-hydrogen) atoms. The van der Waals surface area contributed by atoms with Crippen molar-refractivity contribution in [3.05, 3.63) is 90.4 Å². The summed E-state index contributed by atoms with van der Waals surface area (Å²) in [5.41, 5.74) is 5.57. The average Bonchev–Trinajstić information content (AvgIpc) is 2.65. The minimum Gasteiger partial charge on any atom is -0.261 e. The Bertz CT molecular complexity index is 699. The summed E-state index contributed by atoms with van der Waals surface area (Å²) in [5.74, 6) is 0.696. The van der Waals surface area contributed by atoms with E-state index in [2.05, 4.69) is 40.7 Å². The molecule has 3 aromatic rings. The number of anilines is 1. The van der Waals surface area contributed by atoms with Crippen LogP contribution in [0.2, 0.25) is 0 Å². The van der Waals surface area contributed by atoms with Gasteiger partial charge in [-0.15, -0.1) is 0 Å². The van der Waals surface area contributed by atoms with Gasteiger partial charge in [0.2, 0.25) is 0 Å². The summed E-state index contributed by atoms with van der Waals surface area (Å²) < 4.78 is 0. The summed E-state index contributed by atoms with van der Waals surface area (Å²) in [4.78, 5) is 8.58. The fraction of sp³-hybridized carbons (Fsp3) is 0. The summed E-state index contributed by atoms with van der Waals surface area (Å²) in [6.07, 6.45) is 3.48. The van der Waals surface area contributed by atoms with Gasteiger partial charge < -0.3 is 0 Å². The Hall–Kier alpha value is -1.91. The third kappa shape index (κ3) is 5.95. The fourth-order valence-corrected chi connectivity index (χ4v) is 1.91. The van der Waals surface area contributed by atoms with E-state index in [0.29, 0.717) is 5.82 Å². The van der Waals surface area contributed by atoms with Gasteiger partial charge in [0.05, 0.1) is 5.69 Å². The molecule has 0 fully saturated rings. The smallest absolute Gasteiger partial charge is 0.146 e. The van der Waals surface area contributed by atoms with Gasteiger partial charge in [-0.3, -0.25) is 10.4 Å². The molecule has 2 aromatic heterocycles. The minimum absolute atomic E-state index is 0.696. The Morgan fingerprint density at radius 1 is 0.833 bits per heavy atom. The molecule has 4 nitrogen and oxygen atoms in total. The molecule has 0 radical (unpaired) electrons. The molecule has 7 heteroatoms. The van der Waals surface area contributed by atoms with Gasteiger partial charge in [-0.2, -0.15) is 5.10 Å². The Kier molecular flexibility index (Phi) is 8.28. The molecule has 0 bridgehead atoms. The number of nitrogens with zero attached hydrogens (tertiary/aromatic N) is 3. The van der Waals surface area contributed by atoms with Crippen LogP contribution in [0.1, 0.15) is 11.3 Å². The van der Waals surface area contributed by atoms with E-state index in [4.69, 9.17) is 0 Å². The number of benzene rings is 1. The Balaban J connectivity index is 0.000000647. The molecule has 0 saturated carbocycles. The zero-order chi connectivity index (χ0) is 17.0. The third-order valence-electron chi connectivity index (χ3n) is 2.90. The number of hydrogen-bond acceptors (Lipinski definition) is 4. The van der Waals surface area contributed by atoms with E-state index in [-0.39, 0.29) is 0 Å². The van der Waals surface area contributed by atoms with E-state index in [9.17, 15) is 0 Å². The molecule has 0 saturated heterocycles. The Labute approximate surface area is 155 Å². The maximum absolute atomic E-state index is 4.67. The maximum Gasteiger partial charge on any atom is 0.146 e. The van der Waals surface area contributed by atoms with Gasteiger partial charge in [0.1, 0.15) is 11.5 Å². The van der Waals surface area contributed by atoms with Gasteiger partial charge in [-0.1, -0.05) is 42.5 Å². The second-order valence-electron chi connectivity index (χ2n) is 4.41. The number of nitrogens with one attached hydrogen (secondary N) is 1. The van der Waals surface area contributed by atoms with E-state index in [1.165, 1.54) is 0 Å². The molecular weight excluding hydrogens is 395 g/mol. The van der Waals surface area contributed by atoms with Crippen molar-refractivity contribution in [2.75, 3.05) is 5.43 Å². The third-order valence-corrected chi connectivity index (χ3v) is 2.90. The van der Waals surface area contributed by atoms with Crippen molar-refractivity contribution in [2.24, 2.45) is 5.10 Å². The molecule has 0 aliphatic carbocycles.